The normalized spacial score (nSPS) is 11.2. The van der Waals surface area contributed by atoms with E-state index in [2.05, 4.69) is 10.5 Å². The first-order valence-electron chi connectivity index (χ1n) is 7.92. The monoisotopic (exact) mass is 365 g/mol. The Morgan fingerprint density at radius 3 is 2.26 bits per heavy atom. The van der Waals surface area contributed by atoms with Crippen LogP contribution in [0.5, 0.6) is 0 Å². The molecule has 1 N–H and O–H groups in total. The molecule has 3 rings (SSSR count). The summed E-state index contributed by atoms with van der Waals surface area (Å²) in [6.45, 7) is 1.76. The van der Waals surface area contributed by atoms with Gasteiger partial charge in [-0.1, -0.05) is 12.1 Å². The summed E-state index contributed by atoms with van der Waals surface area (Å²) in [5.41, 5.74) is 4.38. The van der Waals surface area contributed by atoms with Gasteiger partial charge < -0.3 is 4.57 Å². The van der Waals surface area contributed by atoms with E-state index in [-0.39, 0.29) is 11.4 Å². The molecule has 0 aliphatic rings. The molecule has 0 saturated carbocycles. The lowest BCUT2D eigenvalue weighted by molar-refractivity contribution is -0.393. The van der Waals surface area contributed by atoms with Crippen molar-refractivity contribution in [1.82, 2.24) is 4.57 Å². The third-order valence-corrected chi connectivity index (χ3v) is 3.92. The summed E-state index contributed by atoms with van der Waals surface area (Å²) in [4.78, 5) is 20.6. The van der Waals surface area contributed by atoms with Crippen LogP contribution in [0.4, 0.5) is 17.1 Å². The highest BCUT2D eigenvalue weighted by molar-refractivity contribution is 5.99. The third-order valence-electron chi connectivity index (χ3n) is 3.92. The molecular weight excluding hydrogens is 350 g/mol. The van der Waals surface area contributed by atoms with Gasteiger partial charge >= 0.3 is 5.69 Å². The van der Waals surface area contributed by atoms with Gasteiger partial charge in [0.05, 0.1) is 21.6 Å². The number of non-ortho nitro benzene ring substituents is 1. The summed E-state index contributed by atoms with van der Waals surface area (Å²) in [5, 5.41) is 26.1. The molecule has 27 heavy (non-hydrogen) atoms. The van der Waals surface area contributed by atoms with E-state index in [0.717, 1.165) is 17.3 Å². The third kappa shape index (κ3) is 3.98. The van der Waals surface area contributed by atoms with Gasteiger partial charge in [0.2, 0.25) is 0 Å². The topological polar surface area (TPSA) is 116 Å². The van der Waals surface area contributed by atoms with Crippen molar-refractivity contribution in [2.24, 2.45) is 5.10 Å². The molecule has 0 bridgehead atoms. The van der Waals surface area contributed by atoms with Gasteiger partial charge in [0, 0.05) is 24.1 Å². The zero-order valence-electron chi connectivity index (χ0n) is 14.3. The van der Waals surface area contributed by atoms with Gasteiger partial charge in [-0.3, -0.25) is 25.7 Å². The second kappa shape index (κ2) is 7.48. The quantitative estimate of drug-likeness (QED) is 0.400. The van der Waals surface area contributed by atoms with Gasteiger partial charge in [-0.2, -0.15) is 5.10 Å². The second-order valence-electron chi connectivity index (χ2n) is 5.66. The van der Waals surface area contributed by atoms with Crippen LogP contribution >= 0.6 is 0 Å². The number of aromatic nitrogens is 1. The van der Waals surface area contributed by atoms with Crippen molar-refractivity contribution < 1.29 is 9.85 Å². The van der Waals surface area contributed by atoms with E-state index in [0.29, 0.717) is 5.71 Å². The summed E-state index contributed by atoms with van der Waals surface area (Å²) >= 11 is 0. The van der Waals surface area contributed by atoms with Crippen LogP contribution in [0.2, 0.25) is 0 Å². The molecule has 136 valence electrons. The molecule has 0 amide bonds. The summed E-state index contributed by atoms with van der Waals surface area (Å²) < 4.78 is 1.97. The van der Waals surface area contributed by atoms with Crippen LogP contribution in [0.3, 0.4) is 0 Å². The van der Waals surface area contributed by atoms with Crippen LogP contribution in [0.15, 0.2) is 72.1 Å². The lowest BCUT2D eigenvalue weighted by Crippen LogP contribution is -2.03. The molecule has 0 atom stereocenters. The standard InChI is InChI=1S/C18H15N5O4/c1-13(14-4-6-15(7-5-14)21-10-2-3-11-21)19-20-17-9-8-16(22(24)25)12-18(17)23(26)27/h2-12,20H,1H3/b19-13+. The molecule has 0 spiro atoms. The summed E-state index contributed by atoms with van der Waals surface area (Å²) in [6.07, 6.45) is 3.87. The molecule has 0 saturated heterocycles. The maximum atomic E-state index is 11.2. The SMILES string of the molecule is C/C(=N\Nc1ccc([N+](=O)[O-])cc1[N+](=O)[O-])c1ccc(-n2cccc2)cc1. The highest BCUT2D eigenvalue weighted by Gasteiger charge is 2.19. The van der Waals surface area contributed by atoms with Gasteiger partial charge in [-0.05, 0) is 42.8 Å². The maximum absolute atomic E-state index is 11.2. The lowest BCUT2D eigenvalue weighted by atomic mass is 10.1. The van der Waals surface area contributed by atoms with E-state index in [9.17, 15) is 20.2 Å². The molecule has 0 fully saturated rings. The van der Waals surface area contributed by atoms with Gasteiger partial charge in [0.15, 0.2) is 0 Å². The summed E-state index contributed by atoms with van der Waals surface area (Å²) in [7, 11) is 0. The van der Waals surface area contributed by atoms with Crippen LogP contribution in [-0.2, 0) is 0 Å². The van der Waals surface area contributed by atoms with Crippen molar-refractivity contribution in [2.45, 2.75) is 6.92 Å². The highest BCUT2D eigenvalue weighted by atomic mass is 16.6. The fourth-order valence-corrected chi connectivity index (χ4v) is 2.47. The second-order valence-corrected chi connectivity index (χ2v) is 5.66. The van der Waals surface area contributed by atoms with Crippen molar-refractivity contribution >= 4 is 22.8 Å². The predicted octanol–water partition coefficient (Wildman–Crippen LogP) is 4.13. The molecule has 9 heteroatoms. The number of nitro benzene ring substituents is 2. The van der Waals surface area contributed by atoms with Crippen molar-refractivity contribution in [2.75, 3.05) is 5.43 Å². The number of rotatable bonds is 6. The van der Waals surface area contributed by atoms with Gasteiger partial charge in [0.25, 0.3) is 5.69 Å². The lowest BCUT2D eigenvalue weighted by Gasteiger charge is -2.07. The van der Waals surface area contributed by atoms with E-state index in [1.165, 1.54) is 12.1 Å². The first-order valence-corrected chi connectivity index (χ1v) is 7.92. The van der Waals surface area contributed by atoms with Gasteiger partial charge in [0.1, 0.15) is 5.69 Å². The van der Waals surface area contributed by atoms with Gasteiger partial charge in [-0.25, -0.2) is 0 Å². The zero-order valence-corrected chi connectivity index (χ0v) is 14.3. The Morgan fingerprint density at radius 1 is 1.00 bits per heavy atom. The number of hydrazone groups is 1. The molecule has 2 aromatic carbocycles. The molecular formula is C18H15N5O4. The van der Waals surface area contributed by atoms with Crippen LogP contribution in [0.1, 0.15) is 12.5 Å². The molecule has 0 aliphatic carbocycles. The molecule has 3 aromatic rings. The predicted molar refractivity (Wildman–Crippen MR) is 101 cm³/mol. The smallest absolute Gasteiger partial charge is 0.301 e. The van der Waals surface area contributed by atoms with Gasteiger partial charge in [-0.15, -0.1) is 0 Å². The number of nitrogens with one attached hydrogen (secondary N) is 1. The number of hydrogen-bond acceptors (Lipinski definition) is 6. The van der Waals surface area contributed by atoms with Crippen molar-refractivity contribution in [1.29, 1.82) is 0 Å². The molecule has 1 heterocycles. The van der Waals surface area contributed by atoms with Crippen LogP contribution in [0, 0.1) is 20.2 Å². The van der Waals surface area contributed by atoms with E-state index in [4.69, 9.17) is 0 Å². The minimum atomic E-state index is -0.688. The van der Waals surface area contributed by atoms with E-state index >= 15 is 0 Å². The van der Waals surface area contributed by atoms with Crippen LogP contribution < -0.4 is 5.43 Å². The minimum absolute atomic E-state index is 0.0777. The Bertz CT molecular complexity index is 1010. The number of benzene rings is 2. The molecule has 0 radical (unpaired) electrons. The number of nitrogens with zero attached hydrogens (tertiary/aromatic N) is 4. The average Bonchev–Trinajstić information content (AvgIpc) is 3.20. The Hall–Kier alpha value is -4.01. The maximum Gasteiger partial charge on any atom is 0.301 e. The first kappa shape index (κ1) is 17.8. The van der Waals surface area contributed by atoms with Crippen molar-refractivity contribution in [3.05, 3.63) is 92.8 Å². The van der Waals surface area contributed by atoms with E-state index in [1.807, 2.05) is 53.4 Å². The fourth-order valence-electron chi connectivity index (χ4n) is 2.47. The number of hydrogen-bond donors (Lipinski definition) is 1. The van der Waals surface area contributed by atoms with Crippen LogP contribution in [-0.4, -0.2) is 20.1 Å². The largest absolute Gasteiger partial charge is 0.324 e. The Labute approximate surface area is 153 Å². The van der Waals surface area contributed by atoms with Crippen molar-refractivity contribution in [3.8, 4) is 5.69 Å². The first-order chi connectivity index (χ1) is 13.0. The molecule has 1 aromatic heterocycles. The Kier molecular flexibility index (Phi) is 4.93. The summed E-state index contributed by atoms with van der Waals surface area (Å²) in [6, 6.07) is 14.9. The Morgan fingerprint density at radius 2 is 1.67 bits per heavy atom. The molecule has 9 nitrogen and oxygen atoms in total. The minimum Gasteiger partial charge on any atom is -0.324 e. The van der Waals surface area contributed by atoms with E-state index in [1.54, 1.807) is 6.92 Å². The van der Waals surface area contributed by atoms with Crippen molar-refractivity contribution in [3.63, 3.8) is 0 Å². The highest BCUT2D eigenvalue weighted by Crippen LogP contribution is 2.29. The van der Waals surface area contributed by atoms with E-state index < -0.39 is 15.5 Å². The molecule has 0 aliphatic heterocycles. The Balaban J connectivity index is 1.81. The summed E-state index contributed by atoms with van der Waals surface area (Å²) in [5.74, 6) is 0. The number of nitro groups is 2. The molecule has 0 unspecified atom stereocenters. The average molecular weight is 365 g/mol. The zero-order chi connectivity index (χ0) is 19.4. The fraction of sp³-hybridized carbons (Fsp3) is 0.0556. The number of anilines is 1. The van der Waals surface area contributed by atoms with Crippen LogP contribution in [0.25, 0.3) is 5.69 Å².